The number of unbranched alkanes of at least 4 members (excludes halogenated alkanes) is 2. The molecule has 0 spiro atoms. The molecule has 0 saturated heterocycles. The molecule has 1 aromatic carbocycles. The number of benzene rings is 1. The highest BCUT2D eigenvalue weighted by molar-refractivity contribution is 5.27. The molecule has 132 valence electrons. The van der Waals surface area contributed by atoms with Crippen LogP contribution in [0.1, 0.15) is 38.7 Å². The molecule has 0 saturated carbocycles. The Morgan fingerprint density at radius 1 is 1.33 bits per heavy atom. The topological polar surface area (TPSA) is 63.0 Å². The van der Waals surface area contributed by atoms with Crippen LogP contribution in [0.15, 0.2) is 30.9 Å². The van der Waals surface area contributed by atoms with Crippen molar-refractivity contribution in [3.63, 3.8) is 0 Å². The van der Waals surface area contributed by atoms with E-state index in [1.54, 1.807) is 6.92 Å². The van der Waals surface area contributed by atoms with E-state index in [2.05, 4.69) is 22.3 Å². The fourth-order valence-corrected chi connectivity index (χ4v) is 2.72. The molecular formula is C17H24F2N4O. The van der Waals surface area contributed by atoms with Crippen LogP contribution in [-0.2, 0) is 12.1 Å². The number of aliphatic hydroxyl groups is 1. The van der Waals surface area contributed by atoms with Gasteiger partial charge in [0.25, 0.3) is 0 Å². The summed E-state index contributed by atoms with van der Waals surface area (Å²) in [5, 5.41) is 18.5. The van der Waals surface area contributed by atoms with Gasteiger partial charge >= 0.3 is 0 Å². The highest BCUT2D eigenvalue weighted by Gasteiger charge is 2.38. The van der Waals surface area contributed by atoms with Crippen LogP contribution in [0, 0.1) is 11.6 Å². The van der Waals surface area contributed by atoms with Gasteiger partial charge in [-0.2, -0.15) is 5.10 Å². The Balaban J connectivity index is 2.26. The molecule has 5 nitrogen and oxygen atoms in total. The zero-order valence-corrected chi connectivity index (χ0v) is 14.0. The van der Waals surface area contributed by atoms with E-state index < -0.39 is 23.3 Å². The van der Waals surface area contributed by atoms with Gasteiger partial charge in [-0.05, 0) is 26.0 Å². The number of hydrogen-bond acceptors (Lipinski definition) is 4. The Morgan fingerprint density at radius 2 is 2.12 bits per heavy atom. The van der Waals surface area contributed by atoms with Gasteiger partial charge < -0.3 is 10.4 Å². The number of nitrogens with zero attached hydrogens (tertiary/aromatic N) is 3. The van der Waals surface area contributed by atoms with Crippen molar-refractivity contribution >= 4 is 0 Å². The third kappa shape index (κ3) is 4.36. The first-order chi connectivity index (χ1) is 11.5. The molecule has 0 aliphatic rings. The Morgan fingerprint density at radius 3 is 2.75 bits per heavy atom. The fourth-order valence-electron chi connectivity index (χ4n) is 2.72. The van der Waals surface area contributed by atoms with Crippen LogP contribution in [0.25, 0.3) is 0 Å². The molecule has 2 N–H and O–H groups in total. The van der Waals surface area contributed by atoms with Crippen LogP contribution in [0.4, 0.5) is 8.78 Å². The van der Waals surface area contributed by atoms with Crippen LogP contribution in [0.5, 0.6) is 0 Å². The predicted molar refractivity (Wildman–Crippen MR) is 87.3 cm³/mol. The zero-order valence-electron chi connectivity index (χ0n) is 14.0. The van der Waals surface area contributed by atoms with E-state index in [1.165, 1.54) is 23.4 Å². The molecule has 0 aliphatic carbocycles. The van der Waals surface area contributed by atoms with Crippen LogP contribution in [0.3, 0.4) is 0 Å². The van der Waals surface area contributed by atoms with Crippen molar-refractivity contribution in [2.75, 3.05) is 6.54 Å². The molecule has 0 amide bonds. The van der Waals surface area contributed by atoms with Crippen LogP contribution in [0.2, 0.25) is 0 Å². The summed E-state index contributed by atoms with van der Waals surface area (Å²) in [6.45, 7) is 4.61. The van der Waals surface area contributed by atoms with Crippen molar-refractivity contribution < 1.29 is 13.9 Å². The van der Waals surface area contributed by atoms with Crippen LogP contribution < -0.4 is 5.32 Å². The summed E-state index contributed by atoms with van der Waals surface area (Å²) in [4.78, 5) is 3.85. The molecule has 0 aliphatic heterocycles. The van der Waals surface area contributed by atoms with E-state index in [9.17, 15) is 13.9 Å². The van der Waals surface area contributed by atoms with E-state index in [1.807, 2.05) is 0 Å². The number of hydrogen-bond donors (Lipinski definition) is 2. The van der Waals surface area contributed by atoms with Gasteiger partial charge in [0, 0.05) is 17.7 Å². The summed E-state index contributed by atoms with van der Waals surface area (Å²) in [5.41, 5.74) is -1.55. The Labute approximate surface area is 140 Å². The second-order valence-electron chi connectivity index (χ2n) is 6.02. The summed E-state index contributed by atoms with van der Waals surface area (Å²) in [5.74, 6) is -1.46. The number of halogens is 2. The van der Waals surface area contributed by atoms with Gasteiger partial charge in [0.2, 0.25) is 0 Å². The van der Waals surface area contributed by atoms with Crippen molar-refractivity contribution in [3.05, 3.63) is 48.1 Å². The molecular weight excluding hydrogens is 314 g/mol. The average molecular weight is 338 g/mol. The highest BCUT2D eigenvalue weighted by Crippen LogP contribution is 2.30. The summed E-state index contributed by atoms with van der Waals surface area (Å²) in [7, 11) is 0. The molecule has 24 heavy (non-hydrogen) atoms. The molecule has 1 heterocycles. The lowest BCUT2D eigenvalue weighted by Crippen LogP contribution is -2.50. The monoisotopic (exact) mass is 338 g/mol. The van der Waals surface area contributed by atoms with E-state index in [0.717, 1.165) is 31.4 Å². The Hall–Kier alpha value is -1.86. The molecule has 2 aromatic rings. The van der Waals surface area contributed by atoms with E-state index in [-0.39, 0.29) is 12.1 Å². The first kappa shape index (κ1) is 18.5. The molecule has 2 rings (SSSR count). The second kappa shape index (κ2) is 8.30. The smallest absolute Gasteiger partial charge is 0.137 e. The fraction of sp³-hybridized carbons (Fsp3) is 0.529. The largest absolute Gasteiger partial charge is 0.381 e. The van der Waals surface area contributed by atoms with Crippen molar-refractivity contribution in [2.45, 2.75) is 51.3 Å². The standard InChI is InChI=1S/C17H24F2N4O/c1-3-4-5-8-21-13(2)17(24,10-23-12-20-11-22-23)15-7-6-14(18)9-16(15)19/h6-7,9,11-13,21,24H,3-5,8,10H2,1-2H3. The summed E-state index contributed by atoms with van der Waals surface area (Å²) in [6.07, 6.45) is 5.93. The maximum atomic E-state index is 14.3. The van der Waals surface area contributed by atoms with E-state index in [4.69, 9.17) is 0 Å². The summed E-state index contributed by atoms with van der Waals surface area (Å²) < 4.78 is 29.0. The predicted octanol–water partition coefficient (Wildman–Crippen LogP) is 2.61. The van der Waals surface area contributed by atoms with E-state index in [0.29, 0.717) is 6.54 Å². The summed E-state index contributed by atoms with van der Waals surface area (Å²) in [6, 6.07) is 2.75. The molecule has 2 atom stereocenters. The Kier molecular flexibility index (Phi) is 6.39. The maximum absolute atomic E-state index is 14.3. The second-order valence-corrected chi connectivity index (χ2v) is 6.02. The lowest BCUT2D eigenvalue weighted by atomic mass is 9.86. The summed E-state index contributed by atoms with van der Waals surface area (Å²) >= 11 is 0. The van der Waals surface area contributed by atoms with Gasteiger partial charge in [-0.1, -0.05) is 25.8 Å². The van der Waals surface area contributed by atoms with Gasteiger partial charge in [0.1, 0.15) is 29.9 Å². The van der Waals surface area contributed by atoms with Crippen molar-refractivity contribution in [1.29, 1.82) is 0 Å². The quantitative estimate of drug-likeness (QED) is 0.690. The lowest BCUT2D eigenvalue weighted by Gasteiger charge is -2.35. The lowest BCUT2D eigenvalue weighted by molar-refractivity contribution is -0.0200. The van der Waals surface area contributed by atoms with Gasteiger partial charge in [-0.25, -0.2) is 18.4 Å². The average Bonchev–Trinajstić information content (AvgIpc) is 3.03. The molecule has 1 aromatic heterocycles. The van der Waals surface area contributed by atoms with E-state index >= 15 is 0 Å². The molecule has 0 radical (unpaired) electrons. The maximum Gasteiger partial charge on any atom is 0.137 e. The minimum atomic E-state index is -1.59. The Bertz CT molecular complexity index is 636. The van der Waals surface area contributed by atoms with Crippen molar-refractivity contribution in [3.8, 4) is 0 Å². The SMILES string of the molecule is CCCCCNC(C)C(O)(Cn1cncn1)c1ccc(F)cc1F. The van der Waals surface area contributed by atoms with Gasteiger partial charge in [0.05, 0.1) is 6.54 Å². The van der Waals surface area contributed by atoms with Crippen LogP contribution in [-0.4, -0.2) is 32.5 Å². The highest BCUT2D eigenvalue weighted by atomic mass is 19.1. The first-order valence-corrected chi connectivity index (χ1v) is 8.21. The zero-order chi connectivity index (χ0) is 17.6. The number of nitrogens with one attached hydrogen (secondary N) is 1. The van der Waals surface area contributed by atoms with Gasteiger partial charge in [-0.15, -0.1) is 0 Å². The molecule has 0 bridgehead atoms. The van der Waals surface area contributed by atoms with Gasteiger partial charge in [-0.3, -0.25) is 0 Å². The van der Waals surface area contributed by atoms with Crippen molar-refractivity contribution in [2.24, 2.45) is 0 Å². The van der Waals surface area contributed by atoms with Gasteiger partial charge in [0.15, 0.2) is 0 Å². The number of aromatic nitrogens is 3. The number of rotatable bonds is 9. The normalized spacial score (nSPS) is 15.2. The van der Waals surface area contributed by atoms with Crippen LogP contribution >= 0.6 is 0 Å². The molecule has 7 heteroatoms. The first-order valence-electron chi connectivity index (χ1n) is 8.21. The molecule has 0 fully saturated rings. The van der Waals surface area contributed by atoms with Crippen molar-refractivity contribution in [1.82, 2.24) is 20.1 Å². The minimum absolute atomic E-state index is 0.0114. The third-order valence-corrected chi connectivity index (χ3v) is 4.21. The minimum Gasteiger partial charge on any atom is -0.381 e. The molecule has 2 unspecified atom stereocenters. The third-order valence-electron chi connectivity index (χ3n) is 4.21.